The van der Waals surface area contributed by atoms with Crippen LogP contribution in [0.15, 0.2) is 24.3 Å². The van der Waals surface area contributed by atoms with Crippen LogP contribution in [0.3, 0.4) is 0 Å². The summed E-state index contributed by atoms with van der Waals surface area (Å²) < 4.78 is 0. The Hall–Kier alpha value is -2.02. The summed E-state index contributed by atoms with van der Waals surface area (Å²) in [4.78, 5) is 37.1. The molecular weight excluding hydrogens is 328 g/mol. The first-order valence-electron chi connectivity index (χ1n) is 7.76. The van der Waals surface area contributed by atoms with Crippen LogP contribution in [0.25, 0.3) is 0 Å². The summed E-state index contributed by atoms with van der Waals surface area (Å²) in [6.07, 6.45) is 2.37. The van der Waals surface area contributed by atoms with Crippen molar-refractivity contribution in [3.05, 3.63) is 35.4 Å². The number of likely N-dealkylation sites (N-methyl/N-ethyl adjacent to an activating group) is 1. The summed E-state index contributed by atoms with van der Waals surface area (Å²) in [7, 11) is 0. The van der Waals surface area contributed by atoms with Crippen LogP contribution >= 0.6 is 11.8 Å². The number of carboxylic acid groups (broad SMARTS) is 1. The number of benzene rings is 1. The maximum atomic E-state index is 12.6. The van der Waals surface area contributed by atoms with E-state index in [9.17, 15) is 14.4 Å². The van der Waals surface area contributed by atoms with Crippen LogP contribution < -0.4 is 5.32 Å². The van der Waals surface area contributed by atoms with Gasteiger partial charge in [0.2, 0.25) is 5.91 Å². The van der Waals surface area contributed by atoms with Gasteiger partial charge in [0.15, 0.2) is 0 Å². The Kier molecular flexibility index (Phi) is 8.32. The zero-order valence-electron chi connectivity index (χ0n) is 14.2. The van der Waals surface area contributed by atoms with E-state index in [0.29, 0.717) is 17.7 Å². The lowest BCUT2D eigenvalue weighted by Gasteiger charge is -2.25. The van der Waals surface area contributed by atoms with Gasteiger partial charge in [0.25, 0.3) is 5.91 Å². The second-order valence-corrected chi connectivity index (χ2v) is 6.41. The molecule has 2 N–H and O–H groups in total. The predicted octanol–water partition coefficient (Wildman–Crippen LogP) is 1.78. The Balaban J connectivity index is 2.89. The fourth-order valence-electron chi connectivity index (χ4n) is 2.25. The first kappa shape index (κ1) is 20.0. The van der Waals surface area contributed by atoms with E-state index in [1.807, 2.05) is 19.2 Å². The Morgan fingerprint density at radius 3 is 2.58 bits per heavy atom. The van der Waals surface area contributed by atoms with Crippen molar-refractivity contribution in [2.75, 3.05) is 25.1 Å². The van der Waals surface area contributed by atoms with Gasteiger partial charge in [-0.1, -0.05) is 17.7 Å². The third-order valence-corrected chi connectivity index (χ3v) is 4.16. The molecule has 0 saturated heterocycles. The number of aliphatic carboxylic acids is 1. The molecule has 24 heavy (non-hydrogen) atoms. The summed E-state index contributed by atoms with van der Waals surface area (Å²) in [6, 6.07) is 6.38. The monoisotopic (exact) mass is 352 g/mol. The van der Waals surface area contributed by atoms with E-state index in [-0.39, 0.29) is 24.9 Å². The number of carboxylic acids is 1. The standard InChI is InChI=1S/C17H24N2O4S/c1-4-19(11-15(20)21)17(23)14(8-9-24-3)18-16(22)13-7-5-6-12(2)10-13/h5-7,10,14H,4,8-9,11H2,1-3H3,(H,18,22)(H,20,21). The molecule has 1 aromatic rings. The molecule has 0 aliphatic heterocycles. The minimum atomic E-state index is -1.07. The van der Waals surface area contributed by atoms with E-state index in [4.69, 9.17) is 5.11 Å². The van der Waals surface area contributed by atoms with Gasteiger partial charge in [0, 0.05) is 12.1 Å². The second kappa shape index (κ2) is 9.97. The van der Waals surface area contributed by atoms with Crippen molar-refractivity contribution >= 4 is 29.5 Å². The molecular formula is C17H24N2O4S. The van der Waals surface area contributed by atoms with Crippen LogP contribution in [-0.2, 0) is 9.59 Å². The minimum Gasteiger partial charge on any atom is -0.480 e. The molecule has 1 atom stereocenters. The van der Waals surface area contributed by atoms with Crippen molar-refractivity contribution in [1.82, 2.24) is 10.2 Å². The smallest absolute Gasteiger partial charge is 0.323 e. The number of thioether (sulfide) groups is 1. The highest BCUT2D eigenvalue weighted by Gasteiger charge is 2.26. The van der Waals surface area contributed by atoms with E-state index < -0.39 is 12.0 Å². The van der Waals surface area contributed by atoms with Crippen molar-refractivity contribution in [3.63, 3.8) is 0 Å². The average molecular weight is 352 g/mol. The highest BCUT2D eigenvalue weighted by molar-refractivity contribution is 7.98. The average Bonchev–Trinajstić information content (AvgIpc) is 2.55. The number of rotatable bonds is 9. The molecule has 1 aromatic carbocycles. The van der Waals surface area contributed by atoms with Gasteiger partial charge in [-0.25, -0.2) is 0 Å². The van der Waals surface area contributed by atoms with Gasteiger partial charge in [-0.05, 0) is 44.4 Å². The molecule has 0 spiro atoms. The number of nitrogens with one attached hydrogen (secondary N) is 1. The molecule has 1 unspecified atom stereocenters. The van der Waals surface area contributed by atoms with Gasteiger partial charge < -0.3 is 15.3 Å². The zero-order chi connectivity index (χ0) is 18.1. The normalized spacial score (nSPS) is 11.6. The highest BCUT2D eigenvalue weighted by atomic mass is 32.2. The van der Waals surface area contributed by atoms with Crippen LogP contribution in [0.4, 0.5) is 0 Å². The van der Waals surface area contributed by atoms with E-state index in [2.05, 4.69) is 5.32 Å². The van der Waals surface area contributed by atoms with Crippen molar-refractivity contribution in [2.24, 2.45) is 0 Å². The lowest BCUT2D eigenvalue weighted by Crippen LogP contribution is -2.50. The fraction of sp³-hybridized carbons (Fsp3) is 0.471. The molecule has 1 rings (SSSR count). The number of carbonyl (C=O) groups is 3. The quantitative estimate of drug-likeness (QED) is 0.707. The topological polar surface area (TPSA) is 86.7 Å². The lowest BCUT2D eigenvalue weighted by molar-refractivity contribution is -0.145. The predicted molar refractivity (Wildman–Crippen MR) is 95.3 cm³/mol. The first-order chi connectivity index (χ1) is 11.4. The Morgan fingerprint density at radius 1 is 1.33 bits per heavy atom. The molecule has 0 aromatic heterocycles. The summed E-state index contributed by atoms with van der Waals surface area (Å²) in [5.41, 5.74) is 1.44. The number of nitrogens with zero attached hydrogens (tertiary/aromatic N) is 1. The third-order valence-electron chi connectivity index (χ3n) is 3.51. The van der Waals surface area contributed by atoms with Crippen molar-refractivity contribution < 1.29 is 19.5 Å². The summed E-state index contributed by atoms with van der Waals surface area (Å²) in [5, 5.41) is 11.7. The Bertz CT molecular complexity index is 592. The van der Waals surface area contributed by atoms with E-state index >= 15 is 0 Å². The van der Waals surface area contributed by atoms with Crippen molar-refractivity contribution in [2.45, 2.75) is 26.3 Å². The number of hydrogen-bond donors (Lipinski definition) is 2. The van der Waals surface area contributed by atoms with Crippen molar-refractivity contribution in [3.8, 4) is 0 Å². The number of hydrogen-bond acceptors (Lipinski definition) is 4. The number of aryl methyl sites for hydroxylation is 1. The molecule has 2 amide bonds. The Morgan fingerprint density at radius 2 is 2.04 bits per heavy atom. The maximum Gasteiger partial charge on any atom is 0.323 e. The van der Waals surface area contributed by atoms with E-state index in [1.54, 1.807) is 36.9 Å². The van der Waals surface area contributed by atoms with Gasteiger partial charge in [-0.15, -0.1) is 0 Å². The van der Waals surface area contributed by atoms with Crippen molar-refractivity contribution in [1.29, 1.82) is 0 Å². The molecule has 0 radical (unpaired) electrons. The van der Waals surface area contributed by atoms with Crippen LogP contribution in [0.1, 0.15) is 29.3 Å². The molecule has 0 heterocycles. The second-order valence-electron chi connectivity index (χ2n) is 5.42. The molecule has 0 bridgehead atoms. The van der Waals surface area contributed by atoms with Crippen LogP contribution in [-0.4, -0.2) is 58.9 Å². The largest absolute Gasteiger partial charge is 0.480 e. The summed E-state index contributed by atoms with van der Waals surface area (Å²) in [6.45, 7) is 3.51. The first-order valence-corrected chi connectivity index (χ1v) is 9.15. The molecule has 132 valence electrons. The highest BCUT2D eigenvalue weighted by Crippen LogP contribution is 2.08. The third kappa shape index (κ3) is 6.23. The van der Waals surface area contributed by atoms with E-state index in [1.165, 1.54) is 4.90 Å². The SMILES string of the molecule is CCN(CC(=O)O)C(=O)C(CCSC)NC(=O)c1cccc(C)c1. The molecule has 7 heteroatoms. The maximum absolute atomic E-state index is 12.6. The van der Waals surface area contributed by atoms with Crippen LogP contribution in [0.2, 0.25) is 0 Å². The summed E-state index contributed by atoms with van der Waals surface area (Å²) >= 11 is 1.57. The molecule has 0 aliphatic carbocycles. The van der Waals surface area contributed by atoms with E-state index in [0.717, 1.165) is 5.56 Å². The molecule has 6 nitrogen and oxygen atoms in total. The number of carbonyl (C=O) groups excluding carboxylic acids is 2. The van der Waals surface area contributed by atoms with Gasteiger partial charge in [-0.3, -0.25) is 14.4 Å². The zero-order valence-corrected chi connectivity index (χ0v) is 15.1. The lowest BCUT2D eigenvalue weighted by atomic mass is 10.1. The van der Waals surface area contributed by atoms with Gasteiger partial charge in [0.05, 0.1) is 0 Å². The van der Waals surface area contributed by atoms with Crippen LogP contribution in [0.5, 0.6) is 0 Å². The fourth-order valence-corrected chi connectivity index (χ4v) is 2.72. The number of amides is 2. The molecule has 0 saturated carbocycles. The van der Waals surface area contributed by atoms with Gasteiger partial charge in [0.1, 0.15) is 12.6 Å². The summed E-state index contributed by atoms with van der Waals surface area (Å²) in [5.74, 6) is -1.08. The minimum absolute atomic E-state index is 0.279. The Labute approximate surface area is 146 Å². The van der Waals surface area contributed by atoms with Gasteiger partial charge >= 0.3 is 5.97 Å². The molecule has 0 aliphatic rings. The van der Waals surface area contributed by atoms with Crippen LogP contribution in [0, 0.1) is 6.92 Å². The van der Waals surface area contributed by atoms with Gasteiger partial charge in [-0.2, -0.15) is 11.8 Å². The molecule has 0 fully saturated rings.